The summed E-state index contributed by atoms with van der Waals surface area (Å²) in [7, 11) is 0. The summed E-state index contributed by atoms with van der Waals surface area (Å²) in [4.78, 5) is 4.50. The first-order valence-corrected chi connectivity index (χ1v) is 9.78. The van der Waals surface area contributed by atoms with Crippen LogP contribution >= 0.6 is 0 Å². The van der Waals surface area contributed by atoms with Gasteiger partial charge in [0.15, 0.2) is 0 Å². The first kappa shape index (κ1) is 16.8. The number of benzene rings is 3. The van der Waals surface area contributed by atoms with Crippen LogP contribution in [0.15, 0.2) is 69.5 Å². The van der Waals surface area contributed by atoms with E-state index in [0.717, 1.165) is 60.7 Å². The Balaban J connectivity index is 1.67. The number of furan rings is 2. The molecule has 0 N–H and O–H groups in total. The maximum absolute atomic E-state index is 9.61. The van der Waals surface area contributed by atoms with Crippen molar-refractivity contribution < 1.29 is 8.83 Å². The summed E-state index contributed by atoms with van der Waals surface area (Å²) >= 11 is 0. The molecule has 0 fully saturated rings. The van der Waals surface area contributed by atoms with E-state index in [2.05, 4.69) is 23.2 Å². The third-order valence-corrected chi connectivity index (χ3v) is 5.65. The fourth-order valence-electron chi connectivity index (χ4n) is 4.18. The Morgan fingerprint density at radius 3 is 2.40 bits per heavy atom. The number of fused-ring (bicyclic) bond motifs is 6. The topological polar surface area (TPSA) is 63.0 Å². The van der Waals surface area contributed by atoms with Crippen LogP contribution < -0.4 is 0 Å². The van der Waals surface area contributed by atoms with Crippen LogP contribution in [0.2, 0.25) is 0 Å². The van der Waals surface area contributed by atoms with Crippen molar-refractivity contribution in [3.8, 4) is 17.2 Å². The number of aryl methyl sites for hydroxylation is 2. The lowest BCUT2D eigenvalue weighted by atomic mass is 9.98. The van der Waals surface area contributed by atoms with Gasteiger partial charge < -0.3 is 8.83 Å². The lowest BCUT2D eigenvalue weighted by Gasteiger charge is -2.04. The summed E-state index contributed by atoms with van der Waals surface area (Å²) in [5, 5.41) is 13.6. The molecule has 0 saturated heterocycles. The van der Waals surface area contributed by atoms with Gasteiger partial charge in [-0.15, -0.1) is 0 Å². The van der Waals surface area contributed by atoms with Gasteiger partial charge in [-0.2, -0.15) is 5.26 Å². The highest BCUT2D eigenvalue weighted by atomic mass is 16.3. The Kier molecular flexibility index (Phi) is 3.33. The zero-order valence-corrected chi connectivity index (χ0v) is 16.5. The molecule has 0 amide bonds. The molecule has 0 atom stereocenters. The molecule has 0 unspecified atom stereocenters. The van der Waals surface area contributed by atoms with Crippen molar-refractivity contribution in [3.63, 3.8) is 0 Å². The number of rotatable bonds is 1. The van der Waals surface area contributed by atoms with Gasteiger partial charge in [0.1, 0.15) is 16.7 Å². The normalized spacial score (nSPS) is 11.6. The lowest BCUT2D eigenvalue weighted by Crippen LogP contribution is -1.83. The SMILES string of the molecule is Cc1ccc2c(c1)oc1c(-c3ccc4c(c3)oc3nc(C)ccc34)cc(C#N)cc12. The molecule has 0 radical (unpaired) electrons. The van der Waals surface area contributed by atoms with Crippen LogP contribution in [0.5, 0.6) is 0 Å². The Hall–Kier alpha value is -4.10. The highest BCUT2D eigenvalue weighted by Crippen LogP contribution is 2.39. The Labute approximate surface area is 172 Å². The van der Waals surface area contributed by atoms with E-state index in [1.54, 1.807) is 0 Å². The molecule has 0 spiro atoms. The predicted octanol–water partition coefficient (Wildman–Crippen LogP) is 7.04. The minimum absolute atomic E-state index is 0.600. The third-order valence-electron chi connectivity index (χ3n) is 5.65. The molecule has 30 heavy (non-hydrogen) atoms. The van der Waals surface area contributed by atoms with E-state index in [4.69, 9.17) is 8.83 Å². The standard InChI is InChI=1S/C26H16N2O2/c1-14-3-6-19-22-11-16(13-27)10-21(25(22)29-23(19)9-14)17-5-8-18-20-7-4-15(2)28-26(20)30-24(18)12-17/h3-12H,1-2H3. The molecular formula is C26H16N2O2. The molecule has 6 rings (SSSR count). The number of pyridine rings is 1. The molecule has 0 saturated carbocycles. The fraction of sp³-hybridized carbons (Fsp3) is 0.0769. The Morgan fingerprint density at radius 1 is 0.767 bits per heavy atom. The average molecular weight is 388 g/mol. The minimum atomic E-state index is 0.600. The van der Waals surface area contributed by atoms with Crippen molar-refractivity contribution in [1.29, 1.82) is 5.26 Å². The van der Waals surface area contributed by atoms with Gasteiger partial charge in [0, 0.05) is 32.8 Å². The second kappa shape index (κ2) is 5.95. The molecule has 3 aromatic carbocycles. The fourth-order valence-corrected chi connectivity index (χ4v) is 4.18. The van der Waals surface area contributed by atoms with E-state index >= 15 is 0 Å². The van der Waals surface area contributed by atoms with Crippen LogP contribution in [0.4, 0.5) is 0 Å². The van der Waals surface area contributed by atoms with E-state index in [1.807, 2.05) is 62.4 Å². The monoisotopic (exact) mass is 388 g/mol. The van der Waals surface area contributed by atoms with E-state index in [9.17, 15) is 5.26 Å². The number of hydrogen-bond donors (Lipinski definition) is 0. The third kappa shape index (κ3) is 2.36. The highest BCUT2D eigenvalue weighted by molar-refractivity contribution is 6.11. The van der Waals surface area contributed by atoms with Gasteiger partial charge in [0.05, 0.1) is 11.6 Å². The molecule has 4 heteroatoms. The molecule has 3 aromatic heterocycles. The van der Waals surface area contributed by atoms with Gasteiger partial charge in [-0.1, -0.05) is 18.2 Å². The van der Waals surface area contributed by atoms with Crippen LogP contribution in [0.1, 0.15) is 16.8 Å². The first-order chi connectivity index (χ1) is 14.6. The van der Waals surface area contributed by atoms with Crippen molar-refractivity contribution in [2.45, 2.75) is 13.8 Å². The number of hydrogen-bond acceptors (Lipinski definition) is 4. The summed E-state index contributed by atoms with van der Waals surface area (Å²) in [5.41, 5.74) is 7.48. The summed E-state index contributed by atoms with van der Waals surface area (Å²) in [5.74, 6) is 0. The average Bonchev–Trinajstić information content (AvgIpc) is 3.28. The smallest absolute Gasteiger partial charge is 0.227 e. The van der Waals surface area contributed by atoms with Crippen molar-refractivity contribution in [2.75, 3.05) is 0 Å². The van der Waals surface area contributed by atoms with Gasteiger partial charge >= 0.3 is 0 Å². The largest absolute Gasteiger partial charge is 0.455 e. The minimum Gasteiger partial charge on any atom is -0.455 e. The molecule has 4 nitrogen and oxygen atoms in total. The zero-order chi connectivity index (χ0) is 20.4. The second-order valence-corrected chi connectivity index (χ2v) is 7.73. The number of aromatic nitrogens is 1. The Morgan fingerprint density at radius 2 is 1.53 bits per heavy atom. The van der Waals surface area contributed by atoms with Gasteiger partial charge in [-0.05, 0) is 67.4 Å². The predicted molar refractivity (Wildman–Crippen MR) is 118 cm³/mol. The highest BCUT2D eigenvalue weighted by Gasteiger charge is 2.16. The summed E-state index contributed by atoms with van der Waals surface area (Å²) in [6.45, 7) is 3.99. The summed E-state index contributed by atoms with van der Waals surface area (Å²) in [6, 6.07) is 22.3. The molecular weight excluding hydrogens is 372 g/mol. The van der Waals surface area contributed by atoms with Crippen LogP contribution in [-0.2, 0) is 0 Å². The molecule has 6 aromatic rings. The summed E-state index contributed by atoms with van der Waals surface area (Å²) in [6.07, 6.45) is 0. The van der Waals surface area contributed by atoms with E-state index in [1.165, 1.54) is 0 Å². The summed E-state index contributed by atoms with van der Waals surface area (Å²) < 4.78 is 12.3. The zero-order valence-electron chi connectivity index (χ0n) is 16.5. The van der Waals surface area contributed by atoms with Crippen LogP contribution in [0.3, 0.4) is 0 Å². The molecule has 0 bridgehead atoms. The maximum Gasteiger partial charge on any atom is 0.227 e. The second-order valence-electron chi connectivity index (χ2n) is 7.73. The molecule has 0 aliphatic carbocycles. The van der Waals surface area contributed by atoms with Crippen LogP contribution in [0, 0.1) is 25.2 Å². The van der Waals surface area contributed by atoms with Crippen molar-refractivity contribution in [3.05, 3.63) is 77.5 Å². The van der Waals surface area contributed by atoms with Gasteiger partial charge in [-0.25, -0.2) is 4.98 Å². The molecule has 0 aliphatic rings. The van der Waals surface area contributed by atoms with Crippen LogP contribution in [0.25, 0.3) is 55.1 Å². The number of nitrogens with zero attached hydrogens (tertiary/aromatic N) is 2. The van der Waals surface area contributed by atoms with Gasteiger partial charge in [0.2, 0.25) is 5.71 Å². The lowest BCUT2D eigenvalue weighted by molar-refractivity contribution is 0.652. The van der Waals surface area contributed by atoms with E-state index in [0.29, 0.717) is 11.3 Å². The van der Waals surface area contributed by atoms with E-state index < -0.39 is 0 Å². The quantitative estimate of drug-likeness (QED) is 0.303. The van der Waals surface area contributed by atoms with Crippen LogP contribution in [-0.4, -0.2) is 4.98 Å². The van der Waals surface area contributed by atoms with Crippen molar-refractivity contribution >= 4 is 44.0 Å². The van der Waals surface area contributed by atoms with Crippen molar-refractivity contribution in [1.82, 2.24) is 4.98 Å². The van der Waals surface area contributed by atoms with Gasteiger partial charge in [-0.3, -0.25) is 0 Å². The van der Waals surface area contributed by atoms with Crippen molar-refractivity contribution in [2.24, 2.45) is 0 Å². The Bertz CT molecular complexity index is 1680. The molecule has 0 aliphatic heterocycles. The molecule has 3 heterocycles. The molecule has 142 valence electrons. The maximum atomic E-state index is 9.61. The van der Waals surface area contributed by atoms with Gasteiger partial charge in [0.25, 0.3) is 0 Å². The van der Waals surface area contributed by atoms with E-state index in [-0.39, 0.29) is 0 Å². The first-order valence-electron chi connectivity index (χ1n) is 9.78. The number of nitriles is 1.